The van der Waals surface area contributed by atoms with Gasteiger partial charge in [-0.2, -0.15) is 10.4 Å². The SMILES string of the molecule is CCc1ccc(-n2cc(C#N)cn2)nc1. The Labute approximate surface area is 87.8 Å². The molecule has 0 fully saturated rings. The van der Waals surface area contributed by atoms with Crippen LogP contribution >= 0.6 is 0 Å². The molecule has 0 saturated heterocycles. The number of hydrogen-bond donors (Lipinski definition) is 0. The van der Waals surface area contributed by atoms with Gasteiger partial charge in [0, 0.05) is 6.20 Å². The minimum Gasteiger partial charge on any atom is -0.237 e. The first-order chi connectivity index (χ1) is 7.33. The van der Waals surface area contributed by atoms with E-state index in [4.69, 9.17) is 5.26 Å². The molecule has 0 bridgehead atoms. The first-order valence-corrected chi connectivity index (χ1v) is 4.73. The molecule has 0 aromatic carbocycles. The summed E-state index contributed by atoms with van der Waals surface area (Å²) >= 11 is 0. The van der Waals surface area contributed by atoms with Crippen molar-refractivity contribution in [1.82, 2.24) is 14.8 Å². The van der Waals surface area contributed by atoms with Crippen molar-refractivity contribution in [2.24, 2.45) is 0 Å². The van der Waals surface area contributed by atoms with Crippen molar-refractivity contribution in [3.05, 3.63) is 41.9 Å². The van der Waals surface area contributed by atoms with Gasteiger partial charge >= 0.3 is 0 Å². The zero-order valence-corrected chi connectivity index (χ0v) is 8.38. The van der Waals surface area contributed by atoms with Crippen molar-refractivity contribution in [2.75, 3.05) is 0 Å². The minimum atomic E-state index is 0.538. The molecule has 0 radical (unpaired) electrons. The van der Waals surface area contributed by atoms with Crippen LogP contribution in [0.1, 0.15) is 18.1 Å². The molecule has 2 aromatic heterocycles. The highest BCUT2D eigenvalue weighted by Crippen LogP contribution is 2.06. The number of aromatic nitrogens is 3. The summed E-state index contributed by atoms with van der Waals surface area (Å²) in [6.45, 7) is 2.08. The van der Waals surface area contributed by atoms with Gasteiger partial charge in [0.05, 0.1) is 18.0 Å². The number of aryl methyl sites for hydroxylation is 1. The maximum absolute atomic E-state index is 8.66. The van der Waals surface area contributed by atoms with Gasteiger partial charge in [-0.05, 0) is 18.1 Å². The Balaban J connectivity index is 2.33. The van der Waals surface area contributed by atoms with E-state index in [9.17, 15) is 0 Å². The Hall–Kier alpha value is -2.15. The van der Waals surface area contributed by atoms with Crippen LogP contribution < -0.4 is 0 Å². The summed E-state index contributed by atoms with van der Waals surface area (Å²) in [5, 5.41) is 12.7. The molecule has 0 unspecified atom stereocenters. The van der Waals surface area contributed by atoms with Gasteiger partial charge in [-0.25, -0.2) is 9.67 Å². The summed E-state index contributed by atoms with van der Waals surface area (Å²) in [5.74, 6) is 0.730. The standard InChI is InChI=1S/C11H10N4/c1-2-9-3-4-11(13-6-9)15-8-10(5-12)7-14-15/h3-4,6-8H,2H2,1H3. The highest BCUT2D eigenvalue weighted by molar-refractivity contribution is 5.29. The molecule has 4 heteroatoms. The average Bonchev–Trinajstić information content (AvgIpc) is 2.78. The normalized spacial score (nSPS) is 9.87. The third-order valence-electron chi connectivity index (χ3n) is 2.16. The Kier molecular flexibility index (Phi) is 2.46. The smallest absolute Gasteiger partial charge is 0.153 e. The maximum Gasteiger partial charge on any atom is 0.153 e. The second-order valence-corrected chi connectivity index (χ2v) is 3.16. The van der Waals surface area contributed by atoms with E-state index in [1.807, 2.05) is 24.4 Å². The molecular weight excluding hydrogens is 188 g/mol. The van der Waals surface area contributed by atoms with Crippen molar-refractivity contribution in [3.63, 3.8) is 0 Å². The van der Waals surface area contributed by atoms with Crippen LogP contribution in [0.4, 0.5) is 0 Å². The van der Waals surface area contributed by atoms with E-state index in [1.54, 1.807) is 10.9 Å². The van der Waals surface area contributed by atoms with Crippen molar-refractivity contribution in [3.8, 4) is 11.9 Å². The number of nitriles is 1. The highest BCUT2D eigenvalue weighted by atomic mass is 15.3. The molecule has 2 heterocycles. The van der Waals surface area contributed by atoms with Gasteiger partial charge in [-0.15, -0.1) is 0 Å². The molecule has 0 aliphatic carbocycles. The number of hydrogen-bond acceptors (Lipinski definition) is 3. The third-order valence-corrected chi connectivity index (χ3v) is 2.16. The molecule has 4 nitrogen and oxygen atoms in total. The van der Waals surface area contributed by atoms with E-state index in [0.717, 1.165) is 12.2 Å². The lowest BCUT2D eigenvalue weighted by atomic mass is 10.2. The van der Waals surface area contributed by atoms with Crippen molar-refractivity contribution in [1.29, 1.82) is 5.26 Å². The molecule has 0 aliphatic heterocycles. The summed E-state index contributed by atoms with van der Waals surface area (Å²) in [6, 6.07) is 5.93. The largest absolute Gasteiger partial charge is 0.237 e. The third kappa shape index (κ3) is 1.86. The van der Waals surface area contributed by atoms with Crippen molar-refractivity contribution in [2.45, 2.75) is 13.3 Å². The average molecular weight is 198 g/mol. The summed E-state index contributed by atoms with van der Waals surface area (Å²) in [5.41, 5.74) is 1.72. The predicted molar refractivity (Wildman–Crippen MR) is 55.5 cm³/mol. The van der Waals surface area contributed by atoms with Crippen LogP contribution in [-0.2, 0) is 6.42 Å². The molecule has 15 heavy (non-hydrogen) atoms. The summed E-state index contributed by atoms with van der Waals surface area (Å²) in [7, 11) is 0. The van der Waals surface area contributed by atoms with Gasteiger partial charge in [-0.3, -0.25) is 0 Å². The van der Waals surface area contributed by atoms with Crippen LogP contribution in [0, 0.1) is 11.3 Å². The van der Waals surface area contributed by atoms with Crippen LogP contribution in [0.5, 0.6) is 0 Å². The van der Waals surface area contributed by atoms with E-state index in [1.165, 1.54) is 11.8 Å². The second-order valence-electron chi connectivity index (χ2n) is 3.16. The van der Waals surface area contributed by atoms with E-state index < -0.39 is 0 Å². The van der Waals surface area contributed by atoms with Gasteiger partial charge in [-0.1, -0.05) is 13.0 Å². The topological polar surface area (TPSA) is 54.5 Å². The lowest BCUT2D eigenvalue weighted by molar-refractivity contribution is 0.843. The summed E-state index contributed by atoms with van der Waals surface area (Å²) in [6.07, 6.45) is 5.97. The van der Waals surface area contributed by atoms with Crippen LogP contribution in [0.15, 0.2) is 30.7 Å². The van der Waals surface area contributed by atoms with E-state index in [0.29, 0.717) is 5.56 Å². The molecular formula is C11H10N4. The van der Waals surface area contributed by atoms with E-state index in [-0.39, 0.29) is 0 Å². The van der Waals surface area contributed by atoms with Gasteiger partial charge in [0.25, 0.3) is 0 Å². The lowest BCUT2D eigenvalue weighted by Crippen LogP contribution is -1.97. The van der Waals surface area contributed by atoms with E-state index in [2.05, 4.69) is 17.0 Å². The molecule has 0 atom stereocenters. The summed E-state index contributed by atoms with van der Waals surface area (Å²) < 4.78 is 1.60. The maximum atomic E-state index is 8.66. The molecule has 0 spiro atoms. The van der Waals surface area contributed by atoms with Crippen LogP contribution in [0.3, 0.4) is 0 Å². The monoisotopic (exact) mass is 198 g/mol. The molecule has 0 saturated carbocycles. The Morgan fingerprint density at radius 2 is 2.27 bits per heavy atom. The van der Waals surface area contributed by atoms with Crippen LogP contribution in [0.2, 0.25) is 0 Å². The Bertz CT molecular complexity index is 490. The second kappa shape index (κ2) is 3.93. The molecule has 2 aromatic rings. The zero-order chi connectivity index (χ0) is 10.7. The predicted octanol–water partition coefficient (Wildman–Crippen LogP) is 1.70. The van der Waals surface area contributed by atoms with Gasteiger partial charge in [0.2, 0.25) is 0 Å². The number of nitrogens with zero attached hydrogens (tertiary/aromatic N) is 4. The lowest BCUT2D eigenvalue weighted by Gasteiger charge is -2.00. The van der Waals surface area contributed by atoms with Gasteiger partial charge in [0.1, 0.15) is 6.07 Å². The molecule has 2 rings (SSSR count). The first-order valence-electron chi connectivity index (χ1n) is 4.73. The molecule has 0 amide bonds. The fourth-order valence-electron chi connectivity index (χ4n) is 1.27. The van der Waals surface area contributed by atoms with Crippen LogP contribution in [0.25, 0.3) is 5.82 Å². The van der Waals surface area contributed by atoms with Crippen molar-refractivity contribution < 1.29 is 0 Å². The quantitative estimate of drug-likeness (QED) is 0.738. The highest BCUT2D eigenvalue weighted by Gasteiger charge is 2.00. The minimum absolute atomic E-state index is 0.538. The molecule has 0 aliphatic rings. The number of pyridine rings is 1. The summed E-state index contributed by atoms with van der Waals surface area (Å²) in [4.78, 5) is 4.26. The zero-order valence-electron chi connectivity index (χ0n) is 8.38. The van der Waals surface area contributed by atoms with Gasteiger partial charge < -0.3 is 0 Å². The Morgan fingerprint density at radius 3 is 2.80 bits per heavy atom. The fraction of sp³-hybridized carbons (Fsp3) is 0.182. The first kappa shape index (κ1) is 9.41. The molecule has 74 valence electrons. The fourth-order valence-corrected chi connectivity index (χ4v) is 1.27. The molecule has 0 N–H and O–H groups in total. The van der Waals surface area contributed by atoms with E-state index >= 15 is 0 Å². The Morgan fingerprint density at radius 1 is 1.40 bits per heavy atom. The number of rotatable bonds is 2. The van der Waals surface area contributed by atoms with Crippen LogP contribution in [-0.4, -0.2) is 14.8 Å². The van der Waals surface area contributed by atoms with Gasteiger partial charge in [0.15, 0.2) is 5.82 Å². The van der Waals surface area contributed by atoms with Crippen molar-refractivity contribution >= 4 is 0 Å².